The molecule has 0 aromatic heterocycles. The van der Waals surface area contributed by atoms with Crippen LogP contribution in [0.15, 0.2) is 18.2 Å². The maximum absolute atomic E-state index is 5.90. The second-order valence-electron chi connectivity index (χ2n) is 3.79. The van der Waals surface area contributed by atoms with Gasteiger partial charge in [-0.05, 0) is 30.5 Å². The van der Waals surface area contributed by atoms with Crippen LogP contribution in [0.4, 0.5) is 5.69 Å². The number of hydrogen-bond acceptors (Lipinski definition) is 1. The minimum atomic E-state index is 0.611. The Hall–Kier alpha value is -0.400. The lowest BCUT2D eigenvalue weighted by molar-refractivity contribution is 0.760. The van der Waals surface area contributed by atoms with Gasteiger partial charge in [0, 0.05) is 12.2 Å². The van der Waals surface area contributed by atoms with Crippen molar-refractivity contribution in [3.8, 4) is 0 Å². The highest BCUT2D eigenvalue weighted by Gasteiger charge is 2.20. The van der Waals surface area contributed by atoms with Gasteiger partial charge in [0.05, 0.1) is 10.0 Å². The molecule has 1 aliphatic carbocycles. The summed E-state index contributed by atoms with van der Waals surface area (Å²) in [5.41, 5.74) is 1.06. The second kappa shape index (κ2) is 4.41. The molecule has 3 heteroatoms. The number of benzene rings is 1. The van der Waals surface area contributed by atoms with Crippen molar-refractivity contribution in [3.05, 3.63) is 28.2 Å². The summed E-state index contributed by atoms with van der Waals surface area (Å²) in [5, 5.41) is 4.57. The lowest BCUT2D eigenvalue weighted by Crippen LogP contribution is -2.01. The van der Waals surface area contributed by atoms with E-state index in [0.29, 0.717) is 10.0 Å². The van der Waals surface area contributed by atoms with Crippen molar-refractivity contribution in [1.82, 2.24) is 0 Å². The van der Waals surface area contributed by atoms with Crippen LogP contribution in [0.1, 0.15) is 19.3 Å². The van der Waals surface area contributed by atoms with Gasteiger partial charge in [-0.25, -0.2) is 0 Å². The smallest absolute Gasteiger partial charge is 0.0612 e. The van der Waals surface area contributed by atoms with Crippen LogP contribution in [0, 0.1) is 5.92 Å². The molecule has 1 saturated carbocycles. The summed E-state index contributed by atoms with van der Waals surface area (Å²) >= 11 is 11.7. The first-order valence-electron chi connectivity index (χ1n) is 4.94. The zero-order chi connectivity index (χ0) is 9.97. The summed E-state index contributed by atoms with van der Waals surface area (Å²) in [6, 6.07) is 5.65. The largest absolute Gasteiger partial charge is 0.385 e. The van der Waals surface area contributed by atoms with Crippen molar-refractivity contribution in [1.29, 1.82) is 0 Å². The van der Waals surface area contributed by atoms with Gasteiger partial charge in [0.1, 0.15) is 0 Å². The van der Waals surface area contributed by atoms with Crippen molar-refractivity contribution in [2.75, 3.05) is 11.9 Å². The normalized spacial score (nSPS) is 15.6. The van der Waals surface area contributed by atoms with E-state index >= 15 is 0 Å². The van der Waals surface area contributed by atoms with Gasteiger partial charge in [-0.15, -0.1) is 0 Å². The molecule has 0 spiro atoms. The maximum Gasteiger partial charge on any atom is 0.0612 e. The lowest BCUT2D eigenvalue weighted by Gasteiger charge is -2.06. The molecule has 1 fully saturated rings. The van der Waals surface area contributed by atoms with E-state index in [9.17, 15) is 0 Å². The molecular formula is C11H13Cl2N. The van der Waals surface area contributed by atoms with E-state index in [4.69, 9.17) is 23.2 Å². The quantitative estimate of drug-likeness (QED) is 0.817. The Bertz CT molecular complexity index is 321. The average Bonchev–Trinajstić information content (AvgIpc) is 2.95. The fourth-order valence-electron chi connectivity index (χ4n) is 1.43. The molecule has 1 aromatic carbocycles. The standard InChI is InChI=1S/C11H13Cl2N/c12-10-4-3-9(7-11(10)13)14-6-5-8-1-2-8/h3-4,7-8,14H,1-2,5-6H2. The van der Waals surface area contributed by atoms with Crippen molar-refractivity contribution < 1.29 is 0 Å². The molecule has 14 heavy (non-hydrogen) atoms. The molecule has 0 bridgehead atoms. The molecule has 0 aliphatic heterocycles. The van der Waals surface area contributed by atoms with Crippen LogP contribution in [0.25, 0.3) is 0 Å². The van der Waals surface area contributed by atoms with Crippen LogP contribution in [0.3, 0.4) is 0 Å². The van der Waals surface area contributed by atoms with Crippen molar-refractivity contribution in [3.63, 3.8) is 0 Å². The van der Waals surface area contributed by atoms with E-state index in [2.05, 4.69) is 5.32 Å². The van der Waals surface area contributed by atoms with E-state index in [-0.39, 0.29) is 0 Å². The van der Waals surface area contributed by atoms with Crippen LogP contribution in [-0.2, 0) is 0 Å². The number of anilines is 1. The third-order valence-electron chi connectivity index (χ3n) is 2.50. The third kappa shape index (κ3) is 2.79. The average molecular weight is 230 g/mol. The predicted molar refractivity (Wildman–Crippen MR) is 62.3 cm³/mol. The van der Waals surface area contributed by atoms with E-state index in [0.717, 1.165) is 18.2 Å². The molecule has 0 heterocycles. The Balaban J connectivity index is 1.85. The van der Waals surface area contributed by atoms with Gasteiger partial charge >= 0.3 is 0 Å². The lowest BCUT2D eigenvalue weighted by atomic mass is 10.2. The fraction of sp³-hybridized carbons (Fsp3) is 0.455. The highest BCUT2D eigenvalue weighted by atomic mass is 35.5. The van der Waals surface area contributed by atoms with Gasteiger partial charge < -0.3 is 5.32 Å². The van der Waals surface area contributed by atoms with Gasteiger partial charge in [0.25, 0.3) is 0 Å². The van der Waals surface area contributed by atoms with E-state index in [1.54, 1.807) is 0 Å². The molecule has 1 aliphatic rings. The molecule has 1 aromatic rings. The first kappa shape index (κ1) is 10.1. The van der Waals surface area contributed by atoms with Crippen molar-refractivity contribution >= 4 is 28.9 Å². The summed E-state index contributed by atoms with van der Waals surface area (Å²) in [6.45, 7) is 1.03. The Morgan fingerprint density at radius 1 is 1.21 bits per heavy atom. The van der Waals surface area contributed by atoms with Gasteiger partial charge in [0.2, 0.25) is 0 Å². The molecule has 0 radical (unpaired) electrons. The number of nitrogens with one attached hydrogen (secondary N) is 1. The number of hydrogen-bond donors (Lipinski definition) is 1. The summed E-state index contributed by atoms with van der Waals surface area (Å²) < 4.78 is 0. The van der Waals surface area contributed by atoms with Crippen LogP contribution in [0.2, 0.25) is 10.0 Å². The Morgan fingerprint density at radius 2 is 2.00 bits per heavy atom. The predicted octanol–water partition coefficient (Wildman–Crippen LogP) is 4.21. The van der Waals surface area contributed by atoms with Crippen LogP contribution < -0.4 is 5.32 Å². The third-order valence-corrected chi connectivity index (χ3v) is 3.24. The van der Waals surface area contributed by atoms with Crippen LogP contribution in [-0.4, -0.2) is 6.54 Å². The summed E-state index contributed by atoms with van der Waals surface area (Å²) in [7, 11) is 0. The van der Waals surface area contributed by atoms with Gasteiger partial charge in [-0.1, -0.05) is 36.0 Å². The molecule has 2 rings (SSSR count). The SMILES string of the molecule is Clc1ccc(NCCC2CC2)cc1Cl. The Kier molecular flexibility index (Phi) is 3.19. The van der Waals surface area contributed by atoms with Crippen LogP contribution in [0.5, 0.6) is 0 Å². The molecule has 0 unspecified atom stereocenters. The monoisotopic (exact) mass is 229 g/mol. The maximum atomic E-state index is 5.90. The molecule has 0 saturated heterocycles. The summed E-state index contributed by atoms with van der Waals surface area (Å²) in [5.74, 6) is 0.963. The van der Waals surface area contributed by atoms with E-state index in [1.165, 1.54) is 19.3 Å². The molecule has 0 amide bonds. The first-order valence-corrected chi connectivity index (χ1v) is 5.70. The highest BCUT2D eigenvalue weighted by molar-refractivity contribution is 6.42. The molecule has 0 atom stereocenters. The van der Waals surface area contributed by atoms with E-state index in [1.807, 2.05) is 18.2 Å². The zero-order valence-electron chi connectivity index (χ0n) is 7.89. The molecular weight excluding hydrogens is 217 g/mol. The fourth-order valence-corrected chi connectivity index (χ4v) is 1.73. The highest BCUT2D eigenvalue weighted by Crippen LogP contribution is 2.32. The topological polar surface area (TPSA) is 12.0 Å². The van der Waals surface area contributed by atoms with Gasteiger partial charge in [-0.2, -0.15) is 0 Å². The van der Waals surface area contributed by atoms with Gasteiger partial charge in [0.15, 0.2) is 0 Å². The van der Waals surface area contributed by atoms with Gasteiger partial charge in [-0.3, -0.25) is 0 Å². The molecule has 1 N–H and O–H groups in total. The second-order valence-corrected chi connectivity index (χ2v) is 4.60. The molecule has 76 valence electrons. The Labute approximate surface area is 94.4 Å². The summed E-state index contributed by atoms with van der Waals surface area (Å²) in [6.07, 6.45) is 4.08. The number of rotatable bonds is 4. The minimum Gasteiger partial charge on any atom is -0.385 e. The zero-order valence-corrected chi connectivity index (χ0v) is 9.41. The minimum absolute atomic E-state index is 0.611. The summed E-state index contributed by atoms with van der Waals surface area (Å²) in [4.78, 5) is 0. The van der Waals surface area contributed by atoms with Crippen LogP contribution >= 0.6 is 23.2 Å². The van der Waals surface area contributed by atoms with Crippen molar-refractivity contribution in [2.24, 2.45) is 5.92 Å². The first-order chi connectivity index (χ1) is 6.75. The van der Waals surface area contributed by atoms with Crippen molar-refractivity contribution in [2.45, 2.75) is 19.3 Å². The Morgan fingerprint density at radius 3 is 2.64 bits per heavy atom. The van der Waals surface area contributed by atoms with E-state index < -0.39 is 0 Å². The molecule has 1 nitrogen and oxygen atoms in total. The number of halogens is 2.